The first-order chi connectivity index (χ1) is 10.8. The average molecular weight is 328 g/mol. The maximum Gasteiger partial charge on any atom is 0.294 e. The summed E-state index contributed by atoms with van der Waals surface area (Å²) in [7, 11) is -4.30. The molecule has 0 amide bonds. The number of aliphatic hydroxyl groups is 1. The van der Waals surface area contributed by atoms with Crippen LogP contribution in [0.4, 0.5) is 0 Å². The van der Waals surface area contributed by atoms with Gasteiger partial charge >= 0.3 is 0 Å². The third kappa shape index (κ3) is 1.90. The molecule has 0 bridgehead atoms. The SMILES string of the molecule is CC1=C2C=CC3=C4C(=CC=C(C(O)=C1)C24)C(S(=O)(=O)O)=CC3C. The van der Waals surface area contributed by atoms with Gasteiger partial charge in [-0.2, -0.15) is 8.42 Å². The highest BCUT2D eigenvalue weighted by molar-refractivity contribution is 7.90. The Morgan fingerprint density at radius 2 is 1.83 bits per heavy atom. The van der Waals surface area contributed by atoms with E-state index in [2.05, 4.69) is 0 Å². The monoisotopic (exact) mass is 328 g/mol. The quantitative estimate of drug-likeness (QED) is 0.722. The first-order valence-corrected chi connectivity index (χ1v) is 8.89. The lowest BCUT2D eigenvalue weighted by Gasteiger charge is -2.39. The molecule has 0 aromatic heterocycles. The number of allylic oxidation sites excluding steroid dienone is 12. The molecule has 0 aromatic carbocycles. The van der Waals surface area contributed by atoms with Gasteiger partial charge in [0.2, 0.25) is 0 Å². The summed E-state index contributed by atoms with van der Waals surface area (Å²) in [6.07, 6.45) is 10.8. The van der Waals surface area contributed by atoms with Crippen LogP contribution in [0.5, 0.6) is 0 Å². The van der Waals surface area contributed by atoms with Crippen LogP contribution in [0, 0.1) is 11.8 Å². The lowest BCUT2D eigenvalue weighted by molar-refractivity contribution is 0.410. The Hall–Kier alpha value is -2.11. The molecule has 0 radical (unpaired) electrons. The van der Waals surface area contributed by atoms with E-state index in [1.165, 1.54) is 0 Å². The van der Waals surface area contributed by atoms with Crippen LogP contribution < -0.4 is 0 Å². The predicted octanol–water partition coefficient (Wildman–Crippen LogP) is 3.53. The van der Waals surface area contributed by atoms with Gasteiger partial charge in [-0.15, -0.1) is 0 Å². The average Bonchev–Trinajstić information content (AvgIpc) is 2.48. The van der Waals surface area contributed by atoms with E-state index >= 15 is 0 Å². The molecule has 4 rings (SSSR count). The smallest absolute Gasteiger partial charge is 0.294 e. The van der Waals surface area contributed by atoms with Crippen LogP contribution in [0.25, 0.3) is 0 Å². The summed E-state index contributed by atoms with van der Waals surface area (Å²) in [5.74, 6) is -0.0817. The molecule has 0 fully saturated rings. The van der Waals surface area contributed by atoms with Crippen molar-refractivity contribution in [3.8, 4) is 0 Å². The zero-order valence-electron chi connectivity index (χ0n) is 12.7. The van der Waals surface area contributed by atoms with Gasteiger partial charge in [-0.3, -0.25) is 4.55 Å². The van der Waals surface area contributed by atoms with Crippen LogP contribution in [0.3, 0.4) is 0 Å². The van der Waals surface area contributed by atoms with Crippen LogP contribution in [0.2, 0.25) is 0 Å². The minimum Gasteiger partial charge on any atom is -0.508 e. The van der Waals surface area contributed by atoms with E-state index in [1.54, 1.807) is 24.3 Å². The normalized spacial score (nSPS) is 28.8. The molecule has 2 N–H and O–H groups in total. The maximum absolute atomic E-state index is 11.8. The molecular formula is C18H16O4S. The Kier molecular flexibility index (Phi) is 2.81. The highest BCUT2D eigenvalue weighted by atomic mass is 32.2. The molecule has 0 saturated carbocycles. The second-order valence-corrected chi connectivity index (χ2v) is 7.69. The summed E-state index contributed by atoms with van der Waals surface area (Å²) in [4.78, 5) is -0.0413. The lowest BCUT2D eigenvalue weighted by atomic mass is 9.66. The van der Waals surface area contributed by atoms with E-state index in [0.717, 1.165) is 27.9 Å². The zero-order chi connectivity index (χ0) is 16.5. The Morgan fingerprint density at radius 3 is 2.52 bits per heavy atom. The van der Waals surface area contributed by atoms with Crippen molar-refractivity contribution < 1.29 is 18.1 Å². The van der Waals surface area contributed by atoms with Crippen molar-refractivity contribution in [3.05, 3.63) is 80.6 Å². The summed E-state index contributed by atoms with van der Waals surface area (Å²) in [5.41, 5.74) is 5.23. The highest BCUT2D eigenvalue weighted by Gasteiger charge is 2.41. The summed E-state index contributed by atoms with van der Waals surface area (Å²) in [6.45, 7) is 3.84. The molecule has 118 valence electrons. The third-order valence-electron chi connectivity index (χ3n) is 4.92. The summed E-state index contributed by atoms with van der Waals surface area (Å²) in [6, 6.07) is 0. The molecule has 0 saturated heterocycles. The maximum atomic E-state index is 11.8. The van der Waals surface area contributed by atoms with Crippen molar-refractivity contribution >= 4 is 10.1 Å². The summed E-state index contributed by atoms with van der Waals surface area (Å²) < 4.78 is 33.2. The lowest BCUT2D eigenvalue weighted by Crippen LogP contribution is -2.28. The topological polar surface area (TPSA) is 74.6 Å². The van der Waals surface area contributed by atoms with Gasteiger partial charge in [0, 0.05) is 17.4 Å². The molecule has 0 aromatic rings. The first kappa shape index (κ1) is 14.5. The van der Waals surface area contributed by atoms with Crippen molar-refractivity contribution in [2.24, 2.45) is 11.8 Å². The fraction of sp³-hybridized carbons (Fsp3) is 0.222. The van der Waals surface area contributed by atoms with Crippen LogP contribution in [0.15, 0.2) is 80.6 Å². The standard InChI is InChI=1S/C18H16O4S/c1-9-7-15(19)13-5-6-14-16(23(20,21)22)8-10(2)12-4-3-11(9)17(13)18(12)14/h3-8,10,17,19H,1-2H3,(H,20,21,22). The molecule has 5 heteroatoms. The van der Waals surface area contributed by atoms with Crippen LogP contribution in [-0.4, -0.2) is 18.1 Å². The van der Waals surface area contributed by atoms with E-state index in [9.17, 15) is 18.1 Å². The van der Waals surface area contributed by atoms with Crippen LogP contribution in [-0.2, 0) is 10.1 Å². The van der Waals surface area contributed by atoms with E-state index < -0.39 is 10.1 Å². The molecule has 0 heterocycles. The number of hydrogen-bond donors (Lipinski definition) is 2. The highest BCUT2D eigenvalue weighted by Crippen LogP contribution is 2.52. The Balaban J connectivity index is 2.05. The van der Waals surface area contributed by atoms with E-state index in [1.807, 2.05) is 26.0 Å². The van der Waals surface area contributed by atoms with Crippen molar-refractivity contribution in [1.82, 2.24) is 0 Å². The predicted molar refractivity (Wildman–Crippen MR) is 88.0 cm³/mol. The largest absolute Gasteiger partial charge is 0.508 e. The molecule has 2 atom stereocenters. The van der Waals surface area contributed by atoms with Gasteiger partial charge in [0.15, 0.2) is 0 Å². The van der Waals surface area contributed by atoms with Crippen molar-refractivity contribution in [2.75, 3.05) is 0 Å². The van der Waals surface area contributed by atoms with Crippen LogP contribution in [0.1, 0.15) is 13.8 Å². The fourth-order valence-corrected chi connectivity index (χ4v) is 4.72. The van der Waals surface area contributed by atoms with Gasteiger partial charge in [-0.1, -0.05) is 37.3 Å². The Labute approximate surface area is 135 Å². The molecule has 4 aliphatic rings. The number of hydrogen-bond acceptors (Lipinski definition) is 3. The molecule has 4 nitrogen and oxygen atoms in total. The van der Waals surface area contributed by atoms with Gasteiger partial charge < -0.3 is 5.11 Å². The molecule has 0 spiro atoms. The molecule has 0 aliphatic heterocycles. The second kappa shape index (κ2) is 4.46. The fourth-order valence-electron chi connectivity index (χ4n) is 3.89. The van der Waals surface area contributed by atoms with Crippen molar-refractivity contribution in [3.63, 3.8) is 0 Å². The molecule has 23 heavy (non-hydrogen) atoms. The van der Waals surface area contributed by atoms with Gasteiger partial charge in [0.1, 0.15) is 5.76 Å². The van der Waals surface area contributed by atoms with E-state index in [0.29, 0.717) is 5.57 Å². The van der Waals surface area contributed by atoms with E-state index in [-0.39, 0.29) is 22.5 Å². The van der Waals surface area contributed by atoms with Gasteiger partial charge in [-0.05, 0) is 40.9 Å². The molecule has 4 aliphatic carbocycles. The van der Waals surface area contributed by atoms with Crippen molar-refractivity contribution in [1.29, 1.82) is 0 Å². The Bertz CT molecular complexity index is 962. The minimum absolute atomic E-state index is 0.0413. The van der Waals surface area contributed by atoms with Crippen molar-refractivity contribution in [2.45, 2.75) is 13.8 Å². The number of rotatable bonds is 1. The van der Waals surface area contributed by atoms with Crippen LogP contribution >= 0.6 is 0 Å². The van der Waals surface area contributed by atoms with Gasteiger partial charge in [0.05, 0.1) is 4.91 Å². The third-order valence-corrected chi connectivity index (χ3v) is 5.84. The Morgan fingerprint density at radius 1 is 1.13 bits per heavy atom. The molecular weight excluding hydrogens is 312 g/mol. The number of aliphatic hydroxyl groups excluding tert-OH is 1. The summed E-state index contributed by atoms with van der Waals surface area (Å²) in [5, 5.41) is 10.3. The first-order valence-electron chi connectivity index (χ1n) is 7.45. The van der Waals surface area contributed by atoms with Gasteiger partial charge in [0.25, 0.3) is 10.1 Å². The summed E-state index contributed by atoms with van der Waals surface area (Å²) >= 11 is 0. The van der Waals surface area contributed by atoms with Gasteiger partial charge in [-0.25, -0.2) is 0 Å². The molecule has 2 unspecified atom stereocenters. The minimum atomic E-state index is -4.30. The second-order valence-electron chi connectivity index (χ2n) is 6.30. The van der Waals surface area contributed by atoms with E-state index in [4.69, 9.17) is 0 Å². The zero-order valence-corrected chi connectivity index (χ0v) is 13.6.